The van der Waals surface area contributed by atoms with Crippen molar-refractivity contribution in [2.24, 2.45) is 0 Å². The fraction of sp³-hybridized carbons (Fsp3) is 0.776. The first kappa shape index (κ1) is 69.8. The van der Waals surface area contributed by atoms with Gasteiger partial charge in [0.2, 0.25) is 0 Å². The molecule has 0 aromatic rings. The molecular formula is C67H118O6. The van der Waals surface area contributed by atoms with Gasteiger partial charge in [0.15, 0.2) is 6.10 Å². The molecule has 0 spiro atoms. The van der Waals surface area contributed by atoms with Gasteiger partial charge in [0, 0.05) is 19.3 Å². The fourth-order valence-electron chi connectivity index (χ4n) is 9.00. The Hall–Kier alpha value is -3.15. The molecule has 0 aromatic heterocycles. The Labute approximate surface area is 453 Å². The van der Waals surface area contributed by atoms with Crippen molar-refractivity contribution in [1.82, 2.24) is 0 Å². The van der Waals surface area contributed by atoms with Gasteiger partial charge in [-0.05, 0) is 89.9 Å². The molecule has 6 heteroatoms. The summed E-state index contributed by atoms with van der Waals surface area (Å²) in [5.41, 5.74) is 0. The first-order valence-corrected chi connectivity index (χ1v) is 31.4. The van der Waals surface area contributed by atoms with E-state index in [4.69, 9.17) is 14.2 Å². The SMILES string of the molecule is CC/C=C\C/C=C\C/C=C\C/C=C\CCCCCCCCC(=O)OC(COC(=O)CCCCCCCCCCCCC/C=C\C/C=C\CCCCCCC)COC(=O)CCCCCCCCCCCCCCC. The third kappa shape index (κ3) is 59.6. The van der Waals surface area contributed by atoms with Gasteiger partial charge in [-0.15, -0.1) is 0 Å². The lowest BCUT2D eigenvalue weighted by Gasteiger charge is -2.18. The number of rotatable bonds is 57. The van der Waals surface area contributed by atoms with Gasteiger partial charge in [0.1, 0.15) is 13.2 Å². The quantitative estimate of drug-likeness (QED) is 0.0261. The van der Waals surface area contributed by atoms with Crippen LogP contribution in [0.2, 0.25) is 0 Å². The molecule has 0 fully saturated rings. The summed E-state index contributed by atoms with van der Waals surface area (Å²) < 4.78 is 16.9. The van der Waals surface area contributed by atoms with Gasteiger partial charge in [-0.25, -0.2) is 0 Å². The molecule has 0 saturated heterocycles. The van der Waals surface area contributed by atoms with Gasteiger partial charge in [-0.2, -0.15) is 0 Å². The molecule has 0 aliphatic heterocycles. The van der Waals surface area contributed by atoms with Crippen LogP contribution in [0.5, 0.6) is 0 Å². The normalized spacial score (nSPS) is 12.5. The predicted molar refractivity (Wildman–Crippen MR) is 316 cm³/mol. The number of allylic oxidation sites excluding steroid dienone is 12. The number of unbranched alkanes of at least 4 members (excludes halogenated alkanes) is 34. The number of hydrogen-bond donors (Lipinski definition) is 0. The Kier molecular flexibility index (Phi) is 58.7. The van der Waals surface area contributed by atoms with E-state index in [2.05, 4.69) is 93.7 Å². The van der Waals surface area contributed by atoms with Crippen LogP contribution in [0, 0.1) is 0 Å². The minimum Gasteiger partial charge on any atom is -0.462 e. The van der Waals surface area contributed by atoms with E-state index < -0.39 is 6.10 Å². The van der Waals surface area contributed by atoms with Crippen molar-refractivity contribution in [2.45, 2.75) is 322 Å². The van der Waals surface area contributed by atoms with Gasteiger partial charge in [-0.3, -0.25) is 14.4 Å². The second-order valence-electron chi connectivity index (χ2n) is 20.9. The molecule has 0 heterocycles. The molecule has 0 aliphatic carbocycles. The van der Waals surface area contributed by atoms with E-state index >= 15 is 0 Å². The molecule has 1 atom stereocenters. The third-order valence-electron chi connectivity index (χ3n) is 13.7. The average molecular weight is 1020 g/mol. The van der Waals surface area contributed by atoms with E-state index in [0.717, 1.165) is 103 Å². The Morgan fingerprint density at radius 3 is 0.836 bits per heavy atom. The highest BCUT2D eigenvalue weighted by molar-refractivity contribution is 5.71. The van der Waals surface area contributed by atoms with Crippen LogP contribution in [0.25, 0.3) is 0 Å². The number of esters is 3. The van der Waals surface area contributed by atoms with Crippen LogP contribution in [-0.4, -0.2) is 37.2 Å². The third-order valence-corrected chi connectivity index (χ3v) is 13.7. The maximum Gasteiger partial charge on any atom is 0.306 e. The second-order valence-corrected chi connectivity index (χ2v) is 20.9. The monoisotopic (exact) mass is 1020 g/mol. The molecule has 0 amide bonds. The van der Waals surface area contributed by atoms with Crippen LogP contribution in [0.15, 0.2) is 72.9 Å². The average Bonchev–Trinajstić information content (AvgIpc) is 3.39. The smallest absolute Gasteiger partial charge is 0.306 e. The lowest BCUT2D eigenvalue weighted by Crippen LogP contribution is -2.30. The predicted octanol–water partition coefficient (Wildman–Crippen LogP) is 21.3. The summed E-state index contributed by atoms with van der Waals surface area (Å²) in [6, 6.07) is 0. The summed E-state index contributed by atoms with van der Waals surface area (Å²) in [4.78, 5) is 38.3. The Morgan fingerprint density at radius 1 is 0.288 bits per heavy atom. The molecule has 0 N–H and O–H groups in total. The Morgan fingerprint density at radius 2 is 0.534 bits per heavy atom. The summed E-state index contributed by atoms with van der Waals surface area (Å²) in [6.45, 7) is 6.54. The van der Waals surface area contributed by atoms with E-state index in [1.807, 2.05) is 0 Å². The van der Waals surface area contributed by atoms with E-state index in [-0.39, 0.29) is 31.1 Å². The number of carbonyl (C=O) groups excluding carboxylic acids is 3. The van der Waals surface area contributed by atoms with Gasteiger partial charge in [0.25, 0.3) is 0 Å². The maximum atomic E-state index is 12.9. The summed E-state index contributed by atoms with van der Waals surface area (Å²) in [5.74, 6) is -0.881. The largest absolute Gasteiger partial charge is 0.462 e. The minimum atomic E-state index is -0.783. The van der Waals surface area contributed by atoms with Crippen LogP contribution in [0.3, 0.4) is 0 Å². The van der Waals surface area contributed by atoms with E-state index in [1.165, 1.54) is 173 Å². The van der Waals surface area contributed by atoms with Crippen LogP contribution in [-0.2, 0) is 28.6 Å². The zero-order valence-electron chi connectivity index (χ0n) is 48.4. The highest BCUT2D eigenvalue weighted by Crippen LogP contribution is 2.16. The number of carbonyl (C=O) groups is 3. The van der Waals surface area contributed by atoms with Crippen molar-refractivity contribution >= 4 is 17.9 Å². The van der Waals surface area contributed by atoms with E-state index in [0.29, 0.717) is 19.3 Å². The second kappa shape index (κ2) is 61.4. The van der Waals surface area contributed by atoms with Crippen LogP contribution >= 0.6 is 0 Å². The molecule has 1 unspecified atom stereocenters. The van der Waals surface area contributed by atoms with Gasteiger partial charge >= 0.3 is 17.9 Å². The number of ether oxygens (including phenoxy) is 3. The molecule has 0 rings (SSSR count). The van der Waals surface area contributed by atoms with Crippen molar-refractivity contribution in [1.29, 1.82) is 0 Å². The minimum absolute atomic E-state index is 0.0790. The molecule has 0 saturated carbocycles. The van der Waals surface area contributed by atoms with Crippen LogP contribution < -0.4 is 0 Å². The lowest BCUT2D eigenvalue weighted by atomic mass is 10.0. The highest BCUT2D eigenvalue weighted by atomic mass is 16.6. The lowest BCUT2D eigenvalue weighted by molar-refractivity contribution is -0.167. The maximum absolute atomic E-state index is 12.9. The Balaban J connectivity index is 4.33. The topological polar surface area (TPSA) is 78.9 Å². The van der Waals surface area contributed by atoms with Crippen molar-refractivity contribution in [2.75, 3.05) is 13.2 Å². The molecule has 0 bridgehead atoms. The molecular weight excluding hydrogens is 901 g/mol. The van der Waals surface area contributed by atoms with Gasteiger partial charge in [0.05, 0.1) is 0 Å². The molecule has 0 radical (unpaired) electrons. The molecule has 0 aliphatic rings. The molecule has 0 aromatic carbocycles. The van der Waals surface area contributed by atoms with E-state index in [1.54, 1.807) is 0 Å². The Bertz CT molecular complexity index is 1360. The zero-order chi connectivity index (χ0) is 52.9. The molecule has 73 heavy (non-hydrogen) atoms. The van der Waals surface area contributed by atoms with Crippen molar-refractivity contribution in [3.63, 3.8) is 0 Å². The number of hydrogen-bond acceptors (Lipinski definition) is 6. The van der Waals surface area contributed by atoms with E-state index in [9.17, 15) is 14.4 Å². The summed E-state index contributed by atoms with van der Waals surface area (Å²) in [6.07, 6.45) is 79.0. The van der Waals surface area contributed by atoms with Crippen LogP contribution in [0.4, 0.5) is 0 Å². The summed E-state index contributed by atoms with van der Waals surface area (Å²) >= 11 is 0. The summed E-state index contributed by atoms with van der Waals surface area (Å²) in [5, 5.41) is 0. The summed E-state index contributed by atoms with van der Waals surface area (Å²) in [7, 11) is 0. The van der Waals surface area contributed by atoms with Crippen molar-refractivity contribution in [3.05, 3.63) is 72.9 Å². The van der Waals surface area contributed by atoms with Gasteiger partial charge < -0.3 is 14.2 Å². The van der Waals surface area contributed by atoms with Crippen molar-refractivity contribution in [3.8, 4) is 0 Å². The first-order valence-electron chi connectivity index (χ1n) is 31.4. The van der Waals surface area contributed by atoms with Crippen molar-refractivity contribution < 1.29 is 28.6 Å². The standard InChI is InChI=1S/C67H118O6/c1-4-7-10-13-16-19-22-25-27-29-31-32-33-34-36-37-39-42-45-48-51-54-57-60-66(69)72-63-64(62-71-65(68)59-56-53-50-47-44-41-24-21-18-15-12-9-6-3)73-67(70)61-58-55-52-49-46-43-40-38-35-30-28-26-23-20-17-14-11-8-5-2/h8,11,17,20,22,25-26,28-29,31,35,38,64H,4-7,9-10,12-16,18-19,21,23-24,27,30,32-34,36-37,39-63H2,1-3H3/b11-8-,20-17-,25-22-,28-26-,31-29-,38-35-. The first-order chi connectivity index (χ1) is 36.0. The zero-order valence-corrected chi connectivity index (χ0v) is 48.4. The molecule has 422 valence electrons. The highest BCUT2D eigenvalue weighted by Gasteiger charge is 2.19. The van der Waals surface area contributed by atoms with Gasteiger partial charge in [-0.1, -0.05) is 280 Å². The van der Waals surface area contributed by atoms with Crippen LogP contribution in [0.1, 0.15) is 316 Å². The fourth-order valence-corrected chi connectivity index (χ4v) is 9.00. The molecule has 6 nitrogen and oxygen atoms in total.